The van der Waals surface area contributed by atoms with Crippen molar-refractivity contribution in [2.75, 3.05) is 40.3 Å². The molecule has 3 aliphatic carbocycles. The zero-order chi connectivity index (χ0) is 28.6. The van der Waals surface area contributed by atoms with Crippen molar-refractivity contribution in [2.45, 2.75) is 51.5 Å². The molecule has 5 rings (SSSR count). The molecule has 1 saturated heterocycles. The number of rotatable bonds is 9. The van der Waals surface area contributed by atoms with Crippen LogP contribution in [0, 0.1) is 16.4 Å². The number of amides is 2. The lowest BCUT2D eigenvalue weighted by Gasteiger charge is -2.41. The molecular formula is C29H38N8O3. The summed E-state index contributed by atoms with van der Waals surface area (Å²) < 4.78 is 0. The van der Waals surface area contributed by atoms with E-state index in [0.29, 0.717) is 44.0 Å². The smallest absolute Gasteiger partial charge is 0.236 e. The molecular weight excluding hydrogens is 508 g/mol. The number of carbonyl (C=O) groups is 3. The first-order valence-corrected chi connectivity index (χ1v) is 13.9. The second-order valence-corrected chi connectivity index (χ2v) is 11.6. The van der Waals surface area contributed by atoms with Crippen LogP contribution in [0.3, 0.4) is 0 Å². The number of dihydropyridines is 1. The number of carbonyl (C=O) groups excluding carboxylic acids is 3. The van der Waals surface area contributed by atoms with Crippen LogP contribution in [-0.2, 0) is 14.4 Å². The van der Waals surface area contributed by atoms with Gasteiger partial charge >= 0.3 is 0 Å². The van der Waals surface area contributed by atoms with Gasteiger partial charge in [0.15, 0.2) is 5.78 Å². The second-order valence-electron chi connectivity index (χ2n) is 11.6. The summed E-state index contributed by atoms with van der Waals surface area (Å²) in [4.78, 5) is 45.1. The van der Waals surface area contributed by atoms with Gasteiger partial charge in [-0.1, -0.05) is 23.5 Å². The molecule has 0 bridgehead atoms. The number of hydrogen-bond donors (Lipinski definition) is 3. The topological polar surface area (TPSA) is 136 Å². The molecule has 0 aromatic carbocycles. The van der Waals surface area contributed by atoms with E-state index >= 15 is 0 Å². The zero-order valence-corrected chi connectivity index (χ0v) is 23.5. The Morgan fingerprint density at radius 3 is 2.52 bits per heavy atom. The summed E-state index contributed by atoms with van der Waals surface area (Å²) in [5, 5.41) is 15.0. The van der Waals surface area contributed by atoms with Gasteiger partial charge in [-0.2, -0.15) is 10.5 Å². The Bertz CT molecular complexity index is 1290. The van der Waals surface area contributed by atoms with E-state index in [1.165, 1.54) is 0 Å². The number of likely N-dealkylation sites (tertiary alicyclic amines) is 1. The van der Waals surface area contributed by atoms with E-state index < -0.39 is 5.41 Å². The largest absolute Gasteiger partial charge is 0.366 e. The van der Waals surface area contributed by atoms with Gasteiger partial charge in [0.25, 0.3) is 0 Å². The summed E-state index contributed by atoms with van der Waals surface area (Å²) >= 11 is 0. The van der Waals surface area contributed by atoms with E-state index in [-0.39, 0.29) is 23.6 Å². The van der Waals surface area contributed by atoms with E-state index in [9.17, 15) is 14.4 Å². The Morgan fingerprint density at radius 2 is 1.95 bits per heavy atom. The van der Waals surface area contributed by atoms with Gasteiger partial charge in [0.1, 0.15) is 12.2 Å². The monoisotopic (exact) mass is 546 g/mol. The normalized spacial score (nSPS) is 25.9. The van der Waals surface area contributed by atoms with Crippen LogP contribution in [0.4, 0.5) is 0 Å². The molecule has 1 spiro atoms. The fourth-order valence-corrected chi connectivity index (χ4v) is 6.49. The van der Waals surface area contributed by atoms with Crippen LogP contribution in [0.25, 0.3) is 0 Å². The maximum absolute atomic E-state index is 13.8. The SMILES string of the molecule is CC1=C(N2CCC3(CCC(N(CC(=O)N(C)C)CC4=CC=C(N(C=N)N=N)NC4)CC3)C2=O)CC2=C(C=C2)C1=O. The summed E-state index contributed by atoms with van der Waals surface area (Å²) in [7, 11) is 3.53. The minimum atomic E-state index is -0.395. The highest BCUT2D eigenvalue weighted by Gasteiger charge is 2.50. The third-order valence-electron chi connectivity index (χ3n) is 9.13. The van der Waals surface area contributed by atoms with Crippen molar-refractivity contribution in [1.82, 2.24) is 25.0 Å². The molecule has 0 unspecified atom stereocenters. The van der Waals surface area contributed by atoms with Gasteiger partial charge in [-0.25, -0.2) is 0 Å². The summed E-state index contributed by atoms with van der Waals surface area (Å²) in [6, 6.07) is 0.175. The van der Waals surface area contributed by atoms with Crippen LogP contribution >= 0.6 is 0 Å². The summed E-state index contributed by atoms with van der Waals surface area (Å²) in [5.41, 5.74) is 11.3. The van der Waals surface area contributed by atoms with Gasteiger partial charge in [-0.15, -0.1) is 0 Å². The van der Waals surface area contributed by atoms with Gasteiger partial charge in [0.05, 0.1) is 12.0 Å². The Labute approximate surface area is 234 Å². The van der Waals surface area contributed by atoms with Crippen molar-refractivity contribution >= 4 is 23.9 Å². The highest BCUT2D eigenvalue weighted by molar-refractivity contribution is 6.14. The lowest BCUT2D eigenvalue weighted by molar-refractivity contribution is -0.137. The first-order valence-electron chi connectivity index (χ1n) is 13.9. The Kier molecular flexibility index (Phi) is 7.59. The number of nitrogens with one attached hydrogen (secondary N) is 3. The molecule has 11 heteroatoms. The van der Waals surface area contributed by atoms with E-state index in [1.54, 1.807) is 25.1 Å². The number of nitrogens with zero attached hydrogens (tertiary/aromatic N) is 5. The zero-order valence-electron chi connectivity index (χ0n) is 23.5. The van der Waals surface area contributed by atoms with E-state index in [2.05, 4.69) is 15.4 Å². The molecule has 1 saturated carbocycles. The molecule has 2 heterocycles. The Balaban J connectivity index is 1.27. The average Bonchev–Trinajstić information content (AvgIpc) is 3.24. The third kappa shape index (κ3) is 4.94. The highest BCUT2D eigenvalue weighted by atomic mass is 16.2. The first kappa shape index (κ1) is 27.7. The molecule has 212 valence electrons. The fraction of sp³-hybridized carbons (Fsp3) is 0.517. The van der Waals surface area contributed by atoms with Gasteiger partial charge in [0, 0.05) is 63.0 Å². The highest BCUT2D eigenvalue weighted by Crippen LogP contribution is 2.48. The van der Waals surface area contributed by atoms with Crippen molar-refractivity contribution in [3.05, 3.63) is 58.1 Å². The molecule has 40 heavy (non-hydrogen) atoms. The predicted molar refractivity (Wildman–Crippen MR) is 150 cm³/mol. The van der Waals surface area contributed by atoms with E-state index in [0.717, 1.165) is 65.9 Å². The Morgan fingerprint density at radius 1 is 1.20 bits per heavy atom. The molecule has 5 aliphatic rings. The van der Waals surface area contributed by atoms with Gasteiger partial charge in [0.2, 0.25) is 11.8 Å². The minimum absolute atomic E-state index is 0.0371. The summed E-state index contributed by atoms with van der Waals surface area (Å²) in [6.07, 6.45) is 13.2. The molecule has 0 aromatic heterocycles. The Hall–Kier alpha value is -3.86. The molecule has 0 aromatic rings. The van der Waals surface area contributed by atoms with Crippen molar-refractivity contribution in [3.8, 4) is 0 Å². The van der Waals surface area contributed by atoms with Crippen molar-refractivity contribution < 1.29 is 14.4 Å². The van der Waals surface area contributed by atoms with E-state index in [1.807, 2.05) is 30.1 Å². The lowest BCUT2D eigenvalue weighted by Crippen LogP contribution is -2.48. The van der Waals surface area contributed by atoms with Crippen LogP contribution in [0.5, 0.6) is 0 Å². The number of ketones is 1. The number of Topliss-reactive ketones (excluding diaryl/α,β-unsaturated/α-hetero) is 1. The van der Waals surface area contributed by atoms with Crippen LogP contribution in [-0.4, -0.2) is 90.0 Å². The molecule has 0 radical (unpaired) electrons. The maximum Gasteiger partial charge on any atom is 0.236 e. The summed E-state index contributed by atoms with van der Waals surface area (Å²) in [6.45, 7) is 3.94. The van der Waals surface area contributed by atoms with Crippen molar-refractivity contribution in [3.63, 3.8) is 0 Å². The standard InChI is InChI=1S/C29H38N8O3/c1-19-24(14-21-5-6-23(21)27(19)39)36-13-12-29(28(36)40)10-8-22(9-11-29)35(17-26(38)34(2)3)16-20-4-7-25(32-15-20)37(18-30)33-31/h4-7,18,22,30-32H,8-17H2,1-3H3. The minimum Gasteiger partial charge on any atom is -0.366 e. The molecule has 2 aliphatic heterocycles. The second kappa shape index (κ2) is 11.0. The number of likely N-dealkylation sites (N-methyl/N-ethyl adjacent to an activating group) is 1. The van der Waals surface area contributed by atoms with Crippen LogP contribution < -0.4 is 5.32 Å². The molecule has 2 fully saturated rings. The molecule has 2 amide bonds. The number of allylic oxidation sites excluding steroid dienone is 7. The van der Waals surface area contributed by atoms with Gasteiger partial charge in [-0.05, 0) is 56.3 Å². The molecule has 3 N–H and O–H groups in total. The maximum atomic E-state index is 13.8. The predicted octanol–water partition coefficient (Wildman–Crippen LogP) is 2.88. The lowest BCUT2D eigenvalue weighted by atomic mass is 9.71. The van der Waals surface area contributed by atoms with Crippen LogP contribution in [0.2, 0.25) is 0 Å². The fourth-order valence-electron chi connectivity index (χ4n) is 6.49. The average molecular weight is 547 g/mol. The van der Waals surface area contributed by atoms with Crippen molar-refractivity contribution in [1.29, 1.82) is 10.9 Å². The molecule has 0 atom stereocenters. The van der Waals surface area contributed by atoms with E-state index in [4.69, 9.17) is 10.9 Å². The van der Waals surface area contributed by atoms with Crippen LogP contribution in [0.1, 0.15) is 45.4 Å². The van der Waals surface area contributed by atoms with Gasteiger partial charge < -0.3 is 15.1 Å². The van der Waals surface area contributed by atoms with Gasteiger partial charge in [-0.3, -0.25) is 24.7 Å². The van der Waals surface area contributed by atoms with Crippen molar-refractivity contribution in [2.24, 2.45) is 10.6 Å². The molecule has 11 nitrogen and oxygen atoms in total. The first-order chi connectivity index (χ1) is 19.2. The van der Waals surface area contributed by atoms with Crippen LogP contribution in [0.15, 0.2) is 63.3 Å². The summed E-state index contributed by atoms with van der Waals surface area (Å²) in [5.74, 6) is 0.795. The third-order valence-corrected chi connectivity index (χ3v) is 9.13. The quantitative estimate of drug-likeness (QED) is 0.176. The number of hydrogen-bond acceptors (Lipinski definition) is 8.